The molecule has 0 heterocycles. The van der Waals surface area contributed by atoms with E-state index >= 15 is 0 Å². The highest BCUT2D eigenvalue weighted by Gasteiger charge is 2.29. The van der Waals surface area contributed by atoms with Gasteiger partial charge in [0, 0.05) is 5.54 Å². The molecule has 0 spiro atoms. The number of rotatable bonds is 5. The van der Waals surface area contributed by atoms with E-state index in [0.29, 0.717) is 0 Å². The summed E-state index contributed by atoms with van der Waals surface area (Å²) in [5, 5.41) is 8.82. The van der Waals surface area contributed by atoms with E-state index < -0.39 is 42.7 Å². The number of halogens is 1. The summed E-state index contributed by atoms with van der Waals surface area (Å²) in [6.07, 6.45) is -0.924. The van der Waals surface area contributed by atoms with E-state index in [1.165, 1.54) is 12.1 Å². The van der Waals surface area contributed by atoms with Gasteiger partial charge in [0.15, 0.2) is 0 Å². The van der Waals surface area contributed by atoms with Crippen LogP contribution in [0.3, 0.4) is 0 Å². The number of aliphatic carboxylic acids is 1. The highest BCUT2D eigenvalue weighted by Crippen LogP contribution is 2.14. The Kier molecular flexibility index (Phi) is 6.06. The Morgan fingerprint density at radius 1 is 1.13 bits per heavy atom. The quantitative estimate of drug-likeness (QED) is 0.658. The first-order valence-electron chi connectivity index (χ1n) is 6.70. The predicted molar refractivity (Wildman–Crippen MR) is 77.3 cm³/mol. The average Bonchev–Trinajstić information content (AvgIpc) is 2.43. The molecule has 1 aromatic carbocycles. The molecule has 0 saturated heterocycles. The zero-order valence-electron chi connectivity index (χ0n) is 13.0. The van der Waals surface area contributed by atoms with Gasteiger partial charge in [0.1, 0.15) is 12.4 Å². The molecule has 0 aromatic heterocycles. The van der Waals surface area contributed by atoms with Gasteiger partial charge in [-0.15, -0.1) is 0 Å². The van der Waals surface area contributed by atoms with E-state index in [1.54, 1.807) is 20.8 Å². The van der Waals surface area contributed by atoms with Crippen LogP contribution in [0.1, 0.15) is 31.1 Å². The highest BCUT2D eigenvalue weighted by atomic mass is 19.1. The van der Waals surface area contributed by atoms with Crippen molar-refractivity contribution in [3.63, 3.8) is 0 Å². The third-order valence-electron chi connectivity index (χ3n) is 2.78. The summed E-state index contributed by atoms with van der Waals surface area (Å²) in [5.41, 5.74) is -0.683. The van der Waals surface area contributed by atoms with Crippen LogP contribution in [-0.4, -0.2) is 46.9 Å². The number of carbonyl (C=O) groups excluding carboxylic acids is 2. The van der Waals surface area contributed by atoms with E-state index in [1.807, 2.05) is 0 Å². The van der Waals surface area contributed by atoms with Crippen molar-refractivity contribution < 1.29 is 33.4 Å². The van der Waals surface area contributed by atoms with Crippen molar-refractivity contribution in [2.24, 2.45) is 0 Å². The number of nitrogens with zero attached hydrogens (tertiary/aromatic N) is 1. The summed E-state index contributed by atoms with van der Waals surface area (Å²) < 4.78 is 22.2. The van der Waals surface area contributed by atoms with Crippen LogP contribution in [0.25, 0.3) is 0 Å². The lowest BCUT2D eigenvalue weighted by atomic mass is 10.1. The third kappa shape index (κ3) is 5.93. The SMILES string of the molecule is CC(C)(C)N(CC(=O)O)C(=O)OCOC(=O)c1ccc(F)cc1. The maximum absolute atomic E-state index is 12.7. The molecule has 1 amide bonds. The van der Waals surface area contributed by atoms with Gasteiger partial charge in [-0.1, -0.05) is 0 Å². The van der Waals surface area contributed by atoms with Crippen molar-refractivity contribution in [3.05, 3.63) is 35.6 Å². The van der Waals surface area contributed by atoms with Gasteiger partial charge in [-0.2, -0.15) is 0 Å². The monoisotopic (exact) mass is 327 g/mol. The molecule has 0 unspecified atom stereocenters. The fraction of sp³-hybridized carbons (Fsp3) is 0.400. The van der Waals surface area contributed by atoms with Crippen LogP contribution in [-0.2, 0) is 14.3 Å². The van der Waals surface area contributed by atoms with Crippen molar-refractivity contribution in [2.75, 3.05) is 13.3 Å². The number of carboxylic acid groups (broad SMARTS) is 1. The lowest BCUT2D eigenvalue weighted by Crippen LogP contribution is -2.48. The Hall–Kier alpha value is -2.64. The van der Waals surface area contributed by atoms with Gasteiger partial charge in [-0.05, 0) is 45.0 Å². The van der Waals surface area contributed by atoms with Crippen molar-refractivity contribution in [2.45, 2.75) is 26.3 Å². The van der Waals surface area contributed by atoms with Gasteiger partial charge >= 0.3 is 18.0 Å². The van der Waals surface area contributed by atoms with E-state index in [4.69, 9.17) is 14.6 Å². The smallest absolute Gasteiger partial charge is 0.413 e. The molecule has 0 aliphatic carbocycles. The Bertz CT molecular complexity index is 579. The van der Waals surface area contributed by atoms with Crippen molar-refractivity contribution in [1.29, 1.82) is 0 Å². The number of hydrogen-bond donors (Lipinski definition) is 1. The minimum absolute atomic E-state index is 0.0978. The fourth-order valence-electron chi connectivity index (χ4n) is 1.59. The first-order valence-corrected chi connectivity index (χ1v) is 6.70. The van der Waals surface area contributed by atoms with Crippen LogP contribution in [0.4, 0.5) is 9.18 Å². The van der Waals surface area contributed by atoms with Crippen LogP contribution in [0, 0.1) is 5.82 Å². The lowest BCUT2D eigenvalue weighted by molar-refractivity contribution is -0.139. The maximum Gasteiger partial charge on any atom is 0.413 e. The first-order chi connectivity index (χ1) is 10.6. The minimum Gasteiger partial charge on any atom is -0.480 e. The van der Waals surface area contributed by atoms with Gasteiger partial charge in [0.05, 0.1) is 5.56 Å². The summed E-state index contributed by atoms with van der Waals surface area (Å²) in [4.78, 5) is 35.3. The van der Waals surface area contributed by atoms with Gasteiger partial charge in [0.2, 0.25) is 6.79 Å². The van der Waals surface area contributed by atoms with E-state index in [9.17, 15) is 18.8 Å². The molecule has 1 N–H and O–H groups in total. The topological polar surface area (TPSA) is 93.1 Å². The number of hydrogen-bond acceptors (Lipinski definition) is 5. The third-order valence-corrected chi connectivity index (χ3v) is 2.78. The summed E-state index contributed by atoms with van der Waals surface area (Å²) >= 11 is 0. The number of esters is 1. The zero-order valence-corrected chi connectivity index (χ0v) is 13.0. The second kappa shape index (κ2) is 7.57. The minimum atomic E-state index is -1.19. The van der Waals surface area contributed by atoms with Crippen LogP contribution in [0.5, 0.6) is 0 Å². The van der Waals surface area contributed by atoms with E-state index in [-0.39, 0.29) is 5.56 Å². The molecular formula is C15H18FNO6. The molecule has 8 heteroatoms. The molecule has 7 nitrogen and oxygen atoms in total. The summed E-state index contributed by atoms with van der Waals surface area (Å²) in [6, 6.07) is 4.64. The van der Waals surface area contributed by atoms with Crippen molar-refractivity contribution >= 4 is 18.0 Å². The maximum atomic E-state index is 12.7. The van der Waals surface area contributed by atoms with Crippen LogP contribution in [0.15, 0.2) is 24.3 Å². The van der Waals surface area contributed by atoms with E-state index in [0.717, 1.165) is 17.0 Å². The molecule has 0 radical (unpaired) electrons. The molecule has 0 saturated carbocycles. The Balaban J connectivity index is 2.55. The van der Waals surface area contributed by atoms with Gasteiger partial charge in [-0.25, -0.2) is 14.0 Å². The molecule has 1 rings (SSSR count). The van der Waals surface area contributed by atoms with Gasteiger partial charge in [-0.3, -0.25) is 9.69 Å². The van der Waals surface area contributed by atoms with Gasteiger partial charge in [0.25, 0.3) is 0 Å². The van der Waals surface area contributed by atoms with Crippen LogP contribution >= 0.6 is 0 Å². The normalized spacial score (nSPS) is 10.8. The Morgan fingerprint density at radius 2 is 1.70 bits per heavy atom. The second-order valence-electron chi connectivity index (χ2n) is 5.62. The summed E-state index contributed by atoms with van der Waals surface area (Å²) in [5.74, 6) is -2.49. The molecule has 0 bridgehead atoms. The van der Waals surface area contributed by atoms with Crippen molar-refractivity contribution in [1.82, 2.24) is 4.90 Å². The Morgan fingerprint density at radius 3 is 2.17 bits per heavy atom. The second-order valence-corrected chi connectivity index (χ2v) is 5.62. The first kappa shape index (κ1) is 18.4. The van der Waals surface area contributed by atoms with Crippen molar-refractivity contribution in [3.8, 4) is 0 Å². The molecular weight excluding hydrogens is 309 g/mol. The Labute approximate surface area is 132 Å². The number of carbonyl (C=O) groups is 3. The number of amides is 1. The summed E-state index contributed by atoms with van der Waals surface area (Å²) in [7, 11) is 0. The van der Waals surface area contributed by atoms with Crippen LogP contribution < -0.4 is 0 Å². The fourth-order valence-corrected chi connectivity index (χ4v) is 1.59. The molecule has 1 aromatic rings. The molecule has 23 heavy (non-hydrogen) atoms. The van der Waals surface area contributed by atoms with E-state index in [2.05, 4.69) is 0 Å². The molecule has 0 aliphatic heterocycles. The molecule has 0 aliphatic rings. The number of benzene rings is 1. The van der Waals surface area contributed by atoms with Gasteiger partial charge < -0.3 is 14.6 Å². The summed E-state index contributed by atoms with van der Waals surface area (Å²) in [6.45, 7) is 3.70. The standard InChI is InChI=1S/C15H18FNO6/c1-15(2,3)17(8-12(18)19)14(21)23-9-22-13(20)10-4-6-11(16)7-5-10/h4-7H,8-9H2,1-3H3,(H,18,19). The average molecular weight is 327 g/mol. The molecule has 0 fully saturated rings. The lowest BCUT2D eigenvalue weighted by Gasteiger charge is -2.33. The highest BCUT2D eigenvalue weighted by molar-refractivity contribution is 5.89. The van der Waals surface area contributed by atoms with Crippen LogP contribution in [0.2, 0.25) is 0 Å². The number of carboxylic acids is 1. The molecule has 126 valence electrons. The zero-order chi connectivity index (χ0) is 17.6. The predicted octanol–water partition coefficient (Wildman–Crippen LogP) is 2.26. The number of ether oxygens (including phenoxy) is 2. The largest absolute Gasteiger partial charge is 0.480 e. The molecule has 0 atom stereocenters.